The molecule has 0 atom stereocenters. The van der Waals surface area contributed by atoms with Crippen molar-refractivity contribution < 1.29 is 9.47 Å². The summed E-state index contributed by atoms with van der Waals surface area (Å²) >= 11 is 0. The molecule has 0 saturated carbocycles. The molecular weight excluding hydrogens is 264 g/mol. The summed E-state index contributed by atoms with van der Waals surface area (Å²) in [6.45, 7) is 5.95. The van der Waals surface area contributed by atoms with Gasteiger partial charge < -0.3 is 19.4 Å². The molecule has 1 aromatic heterocycles. The molecule has 0 aliphatic carbocycles. The minimum Gasteiger partial charge on any atom is -0.493 e. The summed E-state index contributed by atoms with van der Waals surface area (Å²) in [5.41, 5.74) is 5.12. The third-order valence-electron chi connectivity index (χ3n) is 3.97. The maximum atomic E-state index is 5.32. The standard InChI is InChI=1S/C17H24N2O2/c1-12-8-15(13(2)19(12)3)11-18-10-14-6-7-16(20-4)17(9-14)21-5/h6-9,18H,10-11H2,1-5H3. The van der Waals surface area contributed by atoms with Gasteiger partial charge in [-0.3, -0.25) is 0 Å². The van der Waals surface area contributed by atoms with Gasteiger partial charge >= 0.3 is 0 Å². The monoisotopic (exact) mass is 288 g/mol. The number of nitrogens with one attached hydrogen (secondary N) is 1. The minimum atomic E-state index is 0.760. The Kier molecular flexibility index (Phi) is 4.91. The van der Waals surface area contributed by atoms with Gasteiger partial charge in [0.25, 0.3) is 0 Å². The van der Waals surface area contributed by atoms with Crippen molar-refractivity contribution in [3.8, 4) is 11.5 Å². The SMILES string of the molecule is COc1ccc(CNCc2cc(C)n(C)c2C)cc1OC. The molecule has 2 rings (SSSR count). The third kappa shape index (κ3) is 3.39. The van der Waals surface area contributed by atoms with Gasteiger partial charge in [-0.1, -0.05) is 6.07 Å². The van der Waals surface area contributed by atoms with E-state index in [9.17, 15) is 0 Å². The molecule has 0 amide bonds. The summed E-state index contributed by atoms with van der Waals surface area (Å²) in [6, 6.07) is 8.23. The zero-order chi connectivity index (χ0) is 15.4. The van der Waals surface area contributed by atoms with Crippen LogP contribution in [0.4, 0.5) is 0 Å². The highest BCUT2D eigenvalue weighted by Gasteiger charge is 2.07. The average molecular weight is 288 g/mol. The van der Waals surface area contributed by atoms with Crippen molar-refractivity contribution in [2.75, 3.05) is 14.2 Å². The summed E-state index contributed by atoms with van der Waals surface area (Å²) in [4.78, 5) is 0. The van der Waals surface area contributed by atoms with Gasteiger partial charge in [0, 0.05) is 31.5 Å². The summed E-state index contributed by atoms with van der Waals surface area (Å²) in [6.07, 6.45) is 0. The van der Waals surface area contributed by atoms with E-state index >= 15 is 0 Å². The molecule has 1 heterocycles. The van der Waals surface area contributed by atoms with Gasteiger partial charge in [0.05, 0.1) is 14.2 Å². The second-order valence-corrected chi connectivity index (χ2v) is 5.25. The highest BCUT2D eigenvalue weighted by molar-refractivity contribution is 5.42. The van der Waals surface area contributed by atoms with Crippen LogP contribution in [0.3, 0.4) is 0 Å². The van der Waals surface area contributed by atoms with Gasteiger partial charge in [0.2, 0.25) is 0 Å². The van der Waals surface area contributed by atoms with E-state index in [1.54, 1.807) is 14.2 Å². The summed E-state index contributed by atoms with van der Waals surface area (Å²) in [5, 5.41) is 3.48. The normalized spacial score (nSPS) is 10.7. The topological polar surface area (TPSA) is 35.4 Å². The lowest BCUT2D eigenvalue weighted by Gasteiger charge is -2.10. The minimum absolute atomic E-state index is 0.760. The van der Waals surface area contributed by atoms with Crippen molar-refractivity contribution in [2.45, 2.75) is 26.9 Å². The first-order valence-corrected chi connectivity index (χ1v) is 7.10. The molecule has 0 fully saturated rings. The number of aromatic nitrogens is 1. The van der Waals surface area contributed by atoms with Gasteiger partial charge in [-0.2, -0.15) is 0 Å². The van der Waals surface area contributed by atoms with E-state index in [1.807, 2.05) is 12.1 Å². The predicted molar refractivity (Wildman–Crippen MR) is 85.0 cm³/mol. The fraction of sp³-hybridized carbons (Fsp3) is 0.412. The molecule has 0 aliphatic heterocycles. The number of ether oxygens (including phenoxy) is 2. The van der Waals surface area contributed by atoms with E-state index in [2.05, 4.69) is 42.9 Å². The molecule has 0 unspecified atom stereocenters. The van der Waals surface area contributed by atoms with Crippen LogP contribution in [-0.4, -0.2) is 18.8 Å². The molecule has 2 aromatic rings. The number of hydrogen-bond donors (Lipinski definition) is 1. The lowest BCUT2D eigenvalue weighted by atomic mass is 10.2. The average Bonchev–Trinajstić information content (AvgIpc) is 2.74. The van der Waals surface area contributed by atoms with Gasteiger partial charge in [-0.15, -0.1) is 0 Å². The first kappa shape index (κ1) is 15.4. The Labute approximate surface area is 126 Å². The van der Waals surface area contributed by atoms with E-state index in [-0.39, 0.29) is 0 Å². The van der Waals surface area contributed by atoms with Crippen LogP contribution in [0.5, 0.6) is 11.5 Å². The second kappa shape index (κ2) is 6.68. The Hall–Kier alpha value is -1.94. The Morgan fingerprint density at radius 3 is 2.29 bits per heavy atom. The van der Waals surface area contributed by atoms with Crippen molar-refractivity contribution in [1.82, 2.24) is 9.88 Å². The maximum absolute atomic E-state index is 5.32. The van der Waals surface area contributed by atoms with Crippen LogP contribution < -0.4 is 14.8 Å². The second-order valence-electron chi connectivity index (χ2n) is 5.25. The fourth-order valence-electron chi connectivity index (χ4n) is 2.44. The van der Waals surface area contributed by atoms with E-state index in [1.165, 1.54) is 22.5 Å². The molecule has 4 heteroatoms. The van der Waals surface area contributed by atoms with Crippen molar-refractivity contribution in [2.24, 2.45) is 7.05 Å². The Morgan fingerprint density at radius 2 is 1.71 bits per heavy atom. The summed E-state index contributed by atoms with van der Waals surface area (Å²) < 4.78 is 12.8. The van der Waals surface area contributed by atoms with Crippen LogP contribution in [-0.2, 0) is 20.1 Å². The van der Waals surface area contributed by atoms with Gasteiger partial charge in [-0.05, 0) is 43.2 Å². The van der Waals surface area contributed by atoms with Gasteiger partial charge in [0.1, 0.15) is 0 Å². The van der Waals surface area contributed by atoms with Crippen LogP contribution in [0.2, 0.25) is 0 Å². The molecule has 0 spiro atoms. The van der Waals surface area contributed by atoms with E-state index in [4.69, 9.17) is 9.47 Å². The maximum Gasteiger partial charge on any atom is 0.161 e. The Morgan fingerprint density at radius 1 is 1.00 bits per heavy atom. The van der Waals surface area contributed by atoms with Crippen LogP contribution in [0.25, 0.3) is 0 Å². The van der Waals surface area contributed by atoms with Crippen LogP contribution in [0.1, 0.15) is 22.5 Å². The fourth-order valence-corrected chi connectivity index (χ4v) is 2.44. The number of nitrogens with zero attached hydrogens (tertiary/aromatic N) is 1. The molecular formula is C17H24N2O2. The summed E-state index contributed by atoms with van der Waals surface area (Å²) in [5.74, 6) is 1.53. The summed E-state index contributed by atoms with van der Waals surface area (Å²) in [7, 11) is 5.41. The van der Waals surface area contributed by atoms with Crippen LogP contribution in [0.15, 0.2) is 24.3 Å². The largest absolute Gasteiger partial charge is 0.493 e. The molecule has 4 nitrogen and oxygen atoms in total. The number of methoxy groups -OCH3 is 2. The van der Waals surface area contributed by atoms with Crippen molar-refractivity contribution >= 4 is 0 Å². The lowest BCUT2D eigenvalue weighted by molar-refractivity contribution is 0.354. The molecule has 114 valence electrons. The quantitative estimate of drug-likeness (QED) is 0.887. The molecule has 1 aromatic carbocycles. The van der Waals surface area contributed by atoms with Gasteiger partial charge in [-0.25, -0.2) is 0 Å². The lowest BCUT2D eigenvalue weighted by Crippen LogP contribution is -2.13. The first-order valence-electron chi connectivity index (χ1n) is 7.10. The molecule has 0 saturated heterocycles. The molecule has 21 heavy (non-hydrogen) atoms. The van der Waals surface area contributed by atoms with Gasteiger partial charge in [0.15, 0.2) is 11.5 Å². The van der Waals surface area contributed by atoms with E-state index < -0.39 is 0 Å². The van der Waals surface area contributed by atoms with Crippen LogP contribution in [0, 0.1) is 13.8 Å². The molecule has 0 bridgehead atoms. The van der Waals surface area contributed by atoms with Crippen molar-refractivity contribution in [1.29, 1.82) is 0 Å². The number of benzene rings is 1. The highest BCUT2D eigenvalue weighted by Crippen LogP contribution is 2.27. The third-order valence-corrected chi connectivity index (χ3v) is 3.97. The number of hydrogen-bond acceptors (Lipinski definition) is 3. The molecule has 0 radical (unpaired) electrons. The Balaban J connectivity index is 1.98. The van der Waals surface area contributed by atoms with Crippen molar-refractivity contribution in [3.63, 3.8) is 0 Å². The van der Waals surface area contributed by atoms with E-state index in [0.717, 1.165) is 24.6 Å². The molecule has 1 N–H and O–H groups in total. The highest BCUT2D eigenvalue weighted by atomic mass is 16.5. The van der Waals surface area contributed by atoms with Crippen LogP contribution >= 0.6 is 0 Å². The number of aryl methyl sites for hydroxylation is 1. The zero-order valence-corrected chi connectivity index (χ0v) is 13.5. The zero-order valence-electron chi connectivity index (χ0n) is 13.5. The van der Waals surface area contributed by atoms with Crippen molar-refractivity contribution in [3.05, 3.63) is 46.8 Å². The van der Waals surface area contributed by atoms with E-state index in [0.29, 0.717) is 0 Å². The smallest absolute Gasteiger partial charge is 0.161 e. The first-order chi connectivity index (χ1) is 10.1. The number of rotatable bonds is 6. The molecule has 0 aliphatic rings. The predicted octanol–water partition coefficient (Wildman–Crippen LogP) is 2.95. The Bertz CT molecular complexity index is 617.